The monoisotopic (exact) mass is 341 g/mol. The van der Waals surface area contributed by atoms with Gasteiger partial charge in [0.25, 0.3) is 0 Å². The van der Waals surface area contributed by atoms with Gasteiger partial charge in [0.1, 0.15) is 3.42 Å². The van der Waals surface area contributed by atoms with Crippen LogP contribution in [0.1, 0.15) is 46.5 Å². The molecule has 16 heavy (non-hydrogen) atoms. The van der Waals surface area contributed by atoms with Crippen LogP contribution in [0.2, 0.25) is 0 Å². The summed E-state index contributed by atoms with van der Waals surface area (Å²) in [5.41, 5.74) is 5.52. The summed E-state index contributed by atoms with van der Waals surface area (Å²) >= 11 is 2.05. The van der Waals surface area contributed by atoms with Gasteiger partial charge in [0.15, 0.2) is 0 Å². The number of nitrogens with two attached hydrogens (primary N) is 1. The molecule has 0 amide bonds. The zero-order valence-electron chi connectivity index (χ0n) is 10.6. The summed E-state index contributed by atoms with van der Waals surface area (Å²) < 4.78 is 4.74. The molecule has 2 unspecified atom stereocenters. The summed E-state index contributed by atoms with van der Waals surface area (Å²) in [6.07, 6.45) is 4.60. The molecule has 2 N–H and O–H groups in total. The third-order valence-electron chi connectivity index (χ3n) is 2.80. The van der Waals surface area contributed by atoms with Gasteiger partial charge in [0.05, 0.1) is 6.61 Å². The number of esters is 1. The normalized spacial score (nSPS) is 16.6. The van der Waals surface area contributed by atoms with Crippen molar-refractivity contribution < 1.29 is 9.53 Å². The van der Waals surface area contributed by atoms with Crippen LogP contribution in [-0.2, 0) is 9.53 Å². The quantitative estimate of drug-likeness (QED) is 0.420. The molecule has 0 heterocycles. The Labute approximate surface area is 113 Å². The molecular weight excluding hydrogens is 317 g/mol. The number of carbonyl (C=O) groups is 1. The Hall–Kier alpha value is 0.160. The van der Waals surface area contributed by atoms with Gasteiger partial charge in [0.2, 0.25) is 0 Å². The molecule has 0 saturated carbocycles. The molecule has 0 bridgehead atoms. The van der Waals surface area contributed by atoms with Crippen LogP contribution in [0.25, 0.3) is 0 Å². The van der Waals surface area contributed by atoms with Crippen LogP contribution in [0.15, 0.2) is 0 Å². The van der Waals surface area contributed by atoms with Gasteiger partial charge in [-0.1, -0.05) is 55.7 Å². The van der Waals surface area contributed by atoms with Gasteiger partial charge in [-0.25, -0.2) is 0 Å². The maximum absolute atomic E-state index is 11.7. The average Bonchev–Trinajstić information content (AvgIpc) is 2.28. The maximum atomic E-state index is 11.7. The Balaban J connectivity index is 3.97. The first-order valence-electron chi connectivity index (χ1n) is 6.04. The van der Waals surface area contributed by atoms with Crippen molar-refractivity contribution >= 4 is 28.6 Å². The van der Waals surface area contributed by atoms with Crippen molar-refractivity contribution in [1.29, 1.82) is 0 Å². The van der Waals surface area contributed by atoms with E-state index in [1.54, 1.807) is 0 Å². The first-order chi connectivity index (χ1) is 7.47. The van der Waals surface area contributed by atoms with Crippen LogP contribution in [0.3, 0.4) is 0 Å². The van der Waals surface area contributed by atoms with Crippen LogP contribution in [0.5, 0.6) is 0 Å². The fourth-order valence-corrected chi connectivity index (χ4v) is 1.48. The molecule has 0 aromatic heterocycles. The number of hydrogen-bond acceptors (Lipinski definition) is 3. The van der Waals surface area contributed by atoms with E-state index >= 15 is 0 Å². The van der Waals surface area contributed by atoms with Gasteiger partial charge in [-0.3, -0.25) is 4.79 Å². The van der Waals surface area contributed by atoms with E-state index in [4.69, 9.17) is 10.5 Å². The molecule has 0 aliphatic heterocycles. The minimum Gasteiger partial charge on any atom is -0.464 e. The van der Waals surface area contributed by atoms with E-state index in [-0.39, 0.29) is 5.97 Å². The van der Waals surface area contributed by atoms with E-state index in [0.717, 1.165) is 12.8 Å². The van der Waals surface area contributed by atoms with Crippen LogP contribution < -0.4 is 5.73 Å². The first-order valence-corrected chi connectivity index (χ1v) is 7.12. The number of hydrogen-bond donors (Lipinski definition) is 1. The highest BCUT2D eigenvalue weighted by molar-refractivity contribution is 14.1. The summed E-state index contributed by atoms with van der Waals surface area (Å²) in [5, 5.41) is 0. The van der Waals surface area contributed by atoms with Crippen molar-refractivity contribution in [2.75, 3.05) is 13.2 Å². The Bertz CT molecular complexity index is 207. The van der Waals surface area contributed by atoms with E-state index in [9.17, 15) is 4.79 Å². The Kier molecular flexibility index (Phi) is 8.36. The number of ether oxygens (including phenoxy) is 1. The van der Waals surface area contributed by atoms with Crippen LogP contribution >= 0.6 is 22.6 Å². The molecule has 2 atom stereocenters. The van der Waals surface area contributed by atoms with E-state index in [0.29, 0.717) is 19.1 Å². The molecule has 0 radical (unpaired) electrons. The minimum absolute atomic E-state index is 0.189. The molecule has 0 rings (SSSR count). The lowest BCUT2D eigenvalue weighted by atomic mass is 10.0. The largest absolute Gasteiger partial charge is 0.464 e. The van der Waals surface area contributed by atoms with Crippen LogP contribution in [-0.4, -0.2) is 22.5 Å². The second-order valence-electron chi connectivity index (χ2n) is 4.42. The summed E-state index contributed by atoms with van der Waals surface area (Å²) in [6.45, 7) is 6.98. The second-order valence-corrected chi connectivity index (χ2v) is 6.80. The number of rotatable bonds is 8. The molecule has 3 nitrogen and oxygen atoms in total. The Morgan fingerprint density at radius 1 is 1.50 bits per heavy atom. The van der Waals surface area contributed by atoms with Crippen molar-refractivity contribution in [3.63, 3.8) is 0 Å². The zero-order valence-corrected chi connectivity index (χ0v) is 12.7. The van der Waals surface area contributed by atoms with Crippen molar-refractivity contribution in [3.05, 3.63) is 0 Å². The highest BCUT2D eigenvalue weighted by atomic mass is 127. The molecule has 0 aliphatic rings. The highest BCUT2D eigenvalue weighted by Gasteiger charge is 2.30. The molecule has 0 aromatic carbocycles. The molecule has 0 spiro atoms. The van der Waals surface area contributed by atoms with Gasteiger partial charge in [0, 0.05) is 6.54 Å². The molecule has 4 heteroatoms. The SMILES string of the molecule is CCCCC(CC)COC(=O)C(C)(I)CN. The van der Waals surface area contributed by atoms with E-state index < -0.39 is 3.42 Å². The lowest BCUT2D eigenvalue weighted by Gasteiger charge is -2.21. The molecule has 0 saturated heterocycles. The van der Waals surface area contributed by atoms with E-state index in [1.807, 2.05) is 6.92 Å². The van der Waals surface area contributed by atoms with E-state index in [1.165, 1.54) is 12.8 Å². The zero-order chi connectivity index (χ0) is 12.6. The Morgan fingerprint density at radius 3 is 2.56 bits per heavy atom. The fourth-order valence-electron chi connectivity index (χ4n) is 1.33. The van der Waals surface area contributed by atoms with Crippen molar-refractivity contribution in [1.82, 2.24) is 0 Å². The van der Waals surface area contributed by atoms with Gasteiger partial charge < -0.3 is 10.5 Å². The van der Waals surface area contributed by atoms with Gasteiger partial charge in [-0.15, -0.1) is 0 Å². The van der Waals surface area contributed by atoms with Gasteiger partial charge >= 0.3 is 5.97 Å². The summed E-state index contributed by atoms with van der Waals surface area (Å²) in [7, 11) is 0. The first kappa shape index (κ1) is 16.2. The number of unbranched alkanes of at least 4 members (excludes halogenated alkanes) is 1. The number of carbonyl (C=O) groups excluding carboxylic acids is 1. The van der Waals surface area contributed by atoms with Crippen LogP contribution in [0.4, 0.5) is 0 Å². The lowest BCUT2D eigenvalue weighted by Crippen LogP contribution is -2.38. The number of alkyl halides is 1. The fraction of sp³-hybridized carbons (Fsp3) is 0.917. The second kappa shape index (κ2) is 8.28. The average molecular weight is 341 g/mol. The molecule has 0 fully saturated rings. The van der Waals surface area contributed by atoms with E-state index in [2.05, 4.69) is 36.4 Å². The third-order valence-corrected chi connectivity index (χ3v) is 3.68. The summed E-state index contributed by atoms with van der Waals surface area (Å²) in [5.74, 6) is 0.305. The lowest BCUT2D eigenvalue weighted by molar-refractivity contribution is -0.146. The molecule has 96 valence electrons. The van der Waals surface area contributed by atoms with Gasteiger partial charge in [-0.05, 0) is 19.3 Å². The minimum atomic E-state index is -0.583. The summed E-state index contributed by atoms with van der Waals surface area (Å²) in [4.78, 5) is 11.7. The van der Waals surface area contributed by atoms with Gasteiger partial charge in [-0.2, -0.15) is 0 Å². The highest BCUT2D eigenvalue weighted by Crippen LogP contribution is 2.20. The maximum Gasteiger partial charge on any atom is 0.323 e. The smallest absolute Gasteiger partial charge is 0.323 e. The van der Waals surface area contributed by atoms with Crippen molar-refractivity contribution in [2.24, 2.45) is 11.7 Å². The summed E-state index contributed by atoms with van der Waals surface area (Å²) in [6, 6.07) is 0. The number of halogens is 1. The molecular formula is C12H24INO2. The molecule has 0 aliphatic carbocycles. The Morgan fingerprint density at radius 2 is 2.12 bits per heavy atom. The van der Waals surface area contributed by atoms with Crippen molar-refractivity contribution in [3.8, 4) is 0 Å². The molecule has 0 aromatic rings. The standard InChI is InChI=1S/C12H24INO2/c1-4-6-7-10(5-2)8-16-11(15)12(3,13)9-14/h10H,4-9,14H2,1-3H3. The third kappa shape index (κ3) is 6.03. The topological polar surface area (TPSA) is 52.3 Å². The predicted octanol–water partition coefficient (Wildman–Crippen LogP) is 2.90. The van der Waals surface area contributed by atoms with Crippen molar-refractivity contribution in [2.45, 2.75) is 49.9 Å². The predicted molar refractivity (Wildman–Crippen MR) is 75.7 cm³/mol. The van der Waals surface area contributed by atoms with Crippen LogP contribution in [0, 0.1) is 5.92 Å².